The van der Waals surface area contributed by atoms with Crippen LogP contribution in [0.1, 0.15) is 0 Å². The molecular formula is H4K2O13P4. The molecule has 0 spiro atoms. The van der Waals surface area contributed by atoms with Crippen molar-refractivity contribution in [1.82, 2.24) is 0 Å². The Hall–Kier alpha value is 3.83. The smallest absolute Gasteiger partial charge is 0.756 e. The minimum absolute atomic E-state index is 0. The number of rotatable bonds is 6. The molecule has 0 aromatic heterocycles. The van der Waals surface area contributed by atoms with E-state index in [1.54, 1.807) is 0 Å². The van der Waals surface area contributed by atoms with Gasteiger partial charge in [-0.25, -0.2) is 17.8 Å². The van der Waals surface area contributed by atoms with Crippen LogP contribution < -0.4 is 113 Å². The molecule has 13 nitrogen and oxygen atoms in total. The van der Waals surface area contributed by atoms with Gasteiger partial charge in [-0.1, -0.05) is 0 Å². The zero-order valence-corrected chi connectivity index (χ0v) is 19.1. The topological polar surface area (TPSA) is 223 Å². The van der Waals surface area contributed by atoms with Crippen molar-refractivity contribution in [3.8, 4) is 0 Å². The normalized spacial score (nSPS) is 20.9. The molecule has 0 fully saturated rings. The van der Waals surface area contributed by atoms with E-state index in [9.17, 15) is 28.0 Å². The van der Waals surface area contributed by atoms with Crippen molar-refractivity contribution in [3.63, 3.8) is 0 Å². The molecule has 3 unspecified atom stereocenters. The molecule has 4 N–H and O–H groups in total. The standard InChI is InChI=1S/2K.H6O13P4/c;;1-14(2,3)11-16(7,8)13-17(9,10)12-15(4,5)6/h;;(H,7,8)(H,9,10)(H2,1,2,3)(H2,4,5,6)/q2*+1;/p-2. The fraction of sp³-hybridized carbons (Fsp3) is 0. The maximum absolute atomic E-state index is 10.6. The summed E-state index contributed by atoms with van der Waals surface area (Å²) < 4.78 is 50.1. The number of phosphoric acid groups is 4. The summed E-state index contributed by atoms with van der Waals surface area (Å²) in [7, 11) is -23.4. The van der Waals surface area contributed by atoms with Crippen molar-refractivity contribution in [3.05, 3.63) is 0 Å². The molecular weight excluding hydrogens is 410 g/mol. The van der Waals surface area contributed by atoms with Crippen LogP contribution >= 0.6 is 31.3 Å². The van der Waals surface area contributed by atoms with Gasteiger partial charge < -0.3 is 29.4 Å². The Morgan fingerprint density at radius 3 is 1.37 bits per heavy atom. The maximum Gasteiger partial charge on any atom is 1.00 e. The van der Waals surface area contributed by atoms with E-state index in [4.69, 9.17) is 19.6 Å². The van der Waals surface area contributed by atoms with Crippen LogP contribution in [0.2, 0.25) is 0 Å². The van der Waals surface area contributed by atoms with Crippen LogP contribution in [0.5, 0.6) is 0 Å². The van der Waals surface area contributed by atoms with Gasteiger partial charge in [0.2, 0.25) is 0 Å². The first-order chi connectivity index (χ1) is 7.12. The molecule has 104 valence electrons. The molecule has 0 aromatic carbocycles. The van der Waals surface area contributed by atoms with Gasteiger partial charge in [0.1, 0.15) is 0 Å². The van der Waals surface area contributed by atoms with E-state index in [0.717, 1.165) is 0 Å². The Morgan fingerprint density at radius 1 is 0.737 bits per heavy atom. The first-order valence-electron chi connectivity index (χ1n) is 2.99. The van der Waals surface area contributed by atoms with Crippen LogP contribution in [0.3, 0.4) is 0 Å². The third-order valence-corrected chi connectivity index (χ3v) is 5.54. The van der Waals surface area contributed by atoms with E-state index in [-0.39, 0.29) is 103 Å². The van der Waals surface area contributed by atoms with E-state index in [1.807, 2.05) is 0 Å². The van der Waals surface area contributed by atoms with Crippen molar-refractivity contribution in [1.29, 1.82) is 0 Å². The Bertz CT molecular complexity index is 411. The minimum atomic E-state index is -6.08. The molecule has 0 radical (unpaired) electrons. The van der Waals surface area contributed by atoms with Crippen molar-refractivity contribution in [2.24, 2.45) is 0 Å². The zero-order valence-electron chi connectivity index (χ0n) is 9.25. The van der Waals surface area contributed by atoms with Crippen molar-refractivity contribution < 1.29 is 163 Å². The van der Waals surface area contributed by atoms with Gasteiger partial charge >= 0.3 is 118 Å². The molecule has 19 heteroatoms. The number of hydrogen-bond donors (Lipinski definition) is 4. The van der Waals surface area contributed by atoms with Crippen molar-refractivity contribution in [2.75, 3.05) is 0 Å². The molecule has 0 amide bonds. The van der Waals surface area contributed by atoms with E-state index in [1.165, 1.54) is 0 Å². The Morgan fingerprint density at radius 2 is 1.11 bits per heavy atom. The molecule has 3 atom stereocenters. The zero-order chi connectivity index (χ0) is 14.1. The second kappa shape index (κ2) is 9.97. The summed E-state index contributed by atoms with van der Waals surface area (Å²) in [4.78, 5) is 53.0. The van der Waals surface area contributed by atoms with Crippen LogP contribution in [0.4, 0.5) is 0 Å². The van der Waals surface area contributed by atoms with Crippen LogP contribution in [0.25, 0.3) is 0 Å². The largest absolute Gasteiger partial charge is 1.00 e. The van der Waals surface area contributed by atoms with Gasteiger partial charge in [-0.2, -0.15) is 4.31 Å². The van der Waals surface area contributed by atoms with E-state index in [2.05, 4.69) is 12.9 Å². The molecule has 0 rings (SSSR count). The summed E-state index contributed by atoms with van der Waals surface area (Å²) in [6.07, 6.45) is 0. The molecule has 0 aliphatic carbocycles. The van der Waals surface area contributed by atoms with Gasteiger partial charge in [0.25, 0.3) is 15.6 Å². The predicted molar refractivity (Wildman–Crippen MR) is 42.6 cm³/mol. The summed E-state index contributed by atoms with van der Waals surface area (Å²) in [6, 6.07) is 0. The van der Waals surface area contributed by atoms with Gasteiger partial charge in [0, 0.05) is 0 Å². The van der Waals surface area contributed by atoms with E-state index < -0.39 is 31.3 Å². The third-order valence-electron chi connectivity index (χ3n) is 0.616. The van der Waals surface area contributed by atoms with Gasteiger partial charge in [0.05, 0.1) is 0 Å². The molecule has 0 saturated carbocycles. The van der Waals surface area contributed by atoms with Gasteiger partial charge in [0.15, 0.2) is 0 Å². The van der Waals surface area contributed by atoms with Gasteiger partial charge in [-0.15, -0.1) is 0 Å². The van der Waals surface area contributed by atoms with Crippen molar-refractivity contribution >= 4 is 31.3 Å². The summed E-state index contributed by atoms with van der Waals surface area (Å²) in [5.41, 5.74) is 0. The Labute approximate surface area is 191 Å². The molecule has 0 aliphatic heterocycles. The maximum atomic E-state index is 10.6. The fourth-order valence-electron chi connectivity index (χ4n) is 0.417. The van der Waals surface area contributed by atoms with E-state index >= 15 is 0 Å². The Kier molecular flexibility index (Phi) is 14.5. The molecule has 0 aromatic rings. The minimum Gasteiger partial charge on any atom is -0.756 e. The number of hydrogen-bond acceptors (Lipinski definition) is 9. The quantitative estimate of drug-likeness (QED) is 0.234. The monoisotopic (exact) mass is 414 g/mol. The molecule has 19 heavy (non-hydrogen) atoms. The third kappa shape index (κ3) is 18.0. The van der Waals surface area contributed by atoms with Crippen molar-refractivity contribution in [2.45, 2.75) is 0 Å². The Balaban J connectivity index is -0.00000128. The molecule has 0 heterocycles. The first-order valence-corrected chi connectivity index (χ1v) is 8.97. The molecule has 0 aliphatic rings. The second-order valence-corrected chi connectivity index (χ2v) is 7.83. The SMILES string of the molecule is O=P([O-])(O)OP(=O)([O-])OP(=O)(O)OP(=O)(O)O.[K+].[K+]. The average Bonchev–Trinajstić information content (AvgIpc) is 1.65. The first kappa shape index (κ1) is 27.7. The van der Waals surface area contributed by atoms with E-state index in [0.29, 0.717) is 0 Å². The fourth-order valence-corrected chi connectivity index (χ4v) is 4.29. The summed E-state index contributed by atoms with van der Waals surface area (Å²) >= 11 is 0. The summed E-state index contributed by atoms with van der Waals surface area (Å²) in [5.74, 6) is 0. The van der Waals surface area contributed by atoms with Crippen LogP contribution in [-0.2, 0) is 31.2 Å². The average molecular weight is 414 g/mol. The molecule has 0 saturated heterocycles. The van der Waals surface area contributed by atoms with Crippen LogP contribution in [-0.4, -0.2) is 19.6 Å². The predicted octanol–water partition coefficient (Wildman–Crippen LogP) is -7.83. The summed E-state index contributed by atoms with van der Waals surface area (Å²) in [6.45, 7) is 0. The van der Waals surface area contributed by atoms with Crippen LogP contribution in [0, 0.1) is 0 Å². The van der Waals surface area contributed by atoms with Crippen LogP contribution in [0.15, 0.2) is 0 Å². The van der Waals surface area contributed by atoms with Gasteiger partial charge in [-0.3, -0.25) is 9.13 Å². The van der Waals surface area contributed by atoms with Gasteiger partial charge in [-0.05, 0) is 0 Å². The second-order valence-electron chi connectivity index (χ2n) is 2.12. The molecule has 0 bridgehead atoms. The summed E-state index contributed by atoms with van der Waals surface area (Å²) in [5, 5.41) is 0.